The number of carbonyl (C=O) groups excluding carboxylic acids is 1. The summed E-state index contributed by atoms with van der Waals surface area (Å²) < 4.78 is 19.4. The predicted octanol–water partition coefficient (Wildman–Crippen LogP) is 4.22. The lowest BCUT2D eigenvalue weighted by atomic mass is 10.3. The maximum atomic E-state index is 11.6. The number of hydrogen-bond acceptors (Lipinski definition) is 8. The average molecular weight is 451 g/mol. The van der Waals surface area contributed by atoms with E-state index in [0.29, 0.717) is 18.1 Å². The lowest BCUT2D eigenvalue weighted by molar-refractivity contribution is -0.150. The largest absolute Gasteiger partial charge is 0.479 e. The summed E-state index contributed by atoms with van der Waals surface area (Å²) in [5.41, 5.74) is 0. The quantitative estimate of drug-likeness (QED) is 0.436. The molecule has 152 valence electrons. The van der Waals surface area contributed by atoms with E-state index in [1.165, 1.54) is 0 Å². The molecule has 0 radical (unpaired) electrons. The van der Waals surface area contributed by atoms with Gasteiger partial charge in [-0.3, -0.25) is 0 Å². The van der Waals surface area contributed by atoms with Crippen molar-refractivity contribution in [2.75, 3.05) is 13.2 Å². The summed E-state index contributed by atoms with van der Waals surface area (Å²) in [4.78, 5) is 23.5. The van der Waals surface area contributed by atoms with Crippen molar-refractivity contribution in [1.29, 1.82) is 0 Å². The van der Waals surface area contributed by atoms with E-state index in [9.17, 15) is 4.79 Å². The summed E-state index contributed by atoms with van der Waals surface area (Å²) in [6, 6.07) is 6.31. The normalized spacial score (nSPS) is 12.2. The van der Waals surface area contributed by atoms with Crippen LogP contribution in [-0.4, -0.2) is 40.2 Å². The Kier molecular flexibility index (Phi) is 7.91. The first-order valence-corrected chi connectivity index (χ1v) is 9.43. The van der Waals surface area contributed by atoms with Gasteiger partial charge in [0.2, 0.25) is 3.79 Å². The number of nitrogens with zero attached hydrogens (tertiary/aromatic N) is 3. The average Bonchev–Trinajstić information content (AvgIpc) is 2.63. The number of alkyl halides is 3. The van der Waals surface area contributed by atoms with Crippen LogP contribution in [0.2, 0.25) is 0 Å². The number of ether oxygens (including phenoxy) is 4. The molecule has 28 heavy (non-hydrogen) atoms. The van der Waals surface area contributed by atoms with Gasteiger partial charge >= 0.3 is 18.0 Å². The first-order valence-electron chi connectivity index (χ1n) is 8.30. The standard InChI is InChI=1S/C17H18Cl3N3O5/c1-4-25-13(24)10(3)27-11-6-8-12(9-7-11)28-16-22-14(17(18,19)20)21-15(23-16)26-5-2/h6-10H,4-5H2,1-3H3. The van der Waals surface area contributed by atoms with Gasteiger partial charge < -0.3 is 18.9 Å². The molecule has 0 amide bonds. The van der Waals surface area contributed by atoms with Crippen LogP contribution in [0.1, 0.15) is 26.6 Å². The van der Waals surface area contributed by atoms with Crippen molar-refractivity contribution in [3.63, 3.8) is 0 Å². The van der Waals surface area contributed by atoms with E-state index in [4.69, 9.17) is 53.8 Å². The van der Waals surface area contributed by atoms with Gasteiger partial charge in [0.05, 0.1) is 13.2 Å². The molecule has 0 saturated carbocycles. The molecule has 1 heterocycles. The summed E-state index contributed by atoms with van der Waals surface area (Å²) in [7, 11) is 0. The van der Waals surface area contributed by atoms with Crippen LogP contribution >= 0.6 is 34.8 Å². The number of hydrogen-bond donors (Lipinski definition) is 0. The van der Waals surface area contributed by atoms with E-state index >= 15 is 0 Å². The Labute approximate surface area is 177 Å². The lowest BCUT2D eigenvalue weighted by Crippen LogP contribution is -2.25. The molecule has 11 heteroatoms. The van der Waals surface area contributed by atoms with E-state index < -0.39 is 15.9 Å². The maximum Gasteiger partial charge on any atom is 0.347 e. The molecule has 0 N–H and O–H groups in total. The van der Waals surface area contributed by atoms with Gasteiger partial charge in [0.1, 0.15) is 11.5 Å². The van der Waals surface area contributed by atoms with Gasteiger partial charge in [-0.05, 0) is 45.0 Å². The molecule has 0 aliphatic carbocycles. The zero-order valence-electron chi connectivity index (χ0n) is 15.3. The van der Waals surface area contributed by atoms with Crippen LogP contribution in [0.4, 0.5) is 0 Å². The third-order valence-corrected chi connectivity index (χ3v) is 3.59. The van der Waals surface area contributed by atoms with Gasteiger partial charge in [-0.15, -0.1) is 4.98 Å². The Hall–Kier alpha value is -2.03. The second-order valence-corrected chi connectivity index (χ2v) is 7.52. The minimum absolute atomic E-state index is 0.0305. The van der Waals surface area contributed by atoms with Gasteiger partial charge in [-0.2, -0.15) is 9.97 Å². The molecule has 2 rings (SSSR count). The molecule has 0 aliphatic rings. The van der Waals surface area contributed by atoms with Gasteiger partial charge in [0.15, 0.2) is 11.9 Å². The number of rotatable bonds is 8. The summed E-state index contributed by atoms with van der Waals surface area (Å²) >= 11 is 17.5. The molecule has 8 nitrogen and oxygen atoms in total. The van der Waals surface area contributed by atoms with Crippen molar-refractivity contribution in [2.24, 2.45) is 0 Å². The topological polar surface area (TPSA) is 92.7 Å². The van der Waals surface area contributed by atoms with Crippen LogP contribution in [0, 0.1) is 0 Å². The third-order valence-electron chi connectivity index (χ3n) is 3.09. The highest BCUT2D eigenvalue weighted by atomic mass is 35.6. The van der Waals surface area contributed by atoms with Crippen molar-refractivity contribution >= 4 is 40.8 Å². The van der Waals surface area contributed by atoms with Crippen molar-refractivity contribution in [3.8, 4) is 23.5 Å². The highest BCUT2D eigenvalue weighted by molar-refractivity contribution is 6.66. The Bertz CT molecular complexity index is 800. The number of carbonyl (C=O) groups is 1. The highest BCUT2D eigenvalue weighted by Crippen LogP contribution is 2.37. The summed E-state index contributed by atoms with van der Waals surface area (Å²) in [6.07, 6.45) is -0.740. The smallest absolute Gasteiger partial charge is 0.347 e. The second kappa shape index (κ2) is 9.95. The molecule has 1 aromatic carbocycles. The number of benzene rings is 1. The second-order valence-electron chi connectivity index (χ2n) is 5.24. The van der Waals surface area contributed by atoms with Crippen LogP contribution in [0.5, 0.6) is 23.5 Å². The molecule has 0 fully saturated rings. The number of halogens is 3. The van der Waals surface area contributed by atoms with Crippen LogP contribution in [0.3, 0.4) is 0 Å². The molecule has 1 unspecified atom stereocenters. The van der Waals surface area contributed by atoms with Crippen LogP contribution in [-0.2, 0) is 13.3 Å². The van der Waals surface area contributed by atoms with Crippen molar-refractivity contribution < 1.29 is 23.7 Å². The Morgan fingerprint density at radius 1 is 1.00 bits per heavy atom. The van der Waals surface area contributed by atoms with Crippen LogP contribution in [0.15, 0.2) is 24.3 Å². The van der Waals surface area contributed by atoms with Crippen LogP contribution < -0.4 is 14.2 Å². The highest BCUT2D eigenvalue weighted by Gasteiger charge is 2.29. The number of esters is 1. The van der Waals surface area contributed by atoms with E-state index in [0.717, 1.165) is 0 Å². The molecule has 2 aromatic rings. The van der Waals surface area contributed by atoms with Crippen molar-refractivity contribution in [2.45, 2.75) is 30.7 Å². The first kappa shape index (κ1) is 22.3. The maximum absolute atomic E-state index is 11.6. The zero-order valence-corrected chi connectivity index (χ0v) is 17.6. The van der Waals surface area contributed by atoms with E-state index in [-0.39, 0.29) is 24.5 Å². The first-order chi connectivity index (χ1) is 13.2. The molecule has 1 atom stereocenters. The lowest BCUT2D eigenvalue weighted by Gasteiger charge is -2.14. The summed E-state index contributed by atoms with van der Waals surface area (Å²) in [6.45, 7) is 5.68. The minimum atomic E-state index is -1.87. The minimum Gasteiger partial charge on any atom is -0.479 e. The Balaban J connectivity index is 2.13. The molecular weight excluding hydrogens is 433 g/mol. The molecule has 0 spiro atoms. The monoisotopic (exact) mass is 449 g/mol. The van der Waals surface area contributed by atoms with Gasteiger partial charge in [0, 0.05) is 0 Å². The molecule has 0 saturated heterocycles. The predicted molar refractivity (Wildman–Crippen MR) is 103 cm³/mol. The van der Waals surface area contributed by atoms with Crippen molar-refractivity contribution in [3.05, 3.63) is 30.1 Å². The zero-order chi connectivity index (χ0) is 20.7. The van der Waals surface area contributed by atoms with Gasteiger partial charge in [0.25, 0.3) is 0 Å². The molecule has 0 aliphatic heterocycles. The number of aromatic nitrogens is 3. The molecule has 0 bridgehead atoms. The Morgan fingerprint density at radius 2 is 1.61 bits per heavy atom. The van der Waals surface area contributed by atoms with Crippen molar-refractivity contribution in [1.82, 2.24) is 15.0 Å². The van der Waals surface area contributed by atoms with Crippen LogP contribution in [0.25, 0.3) is 0 Å². The molecule has 1 aromatic heterocycles. The summed E-state index contributed by atoms with van der Waals surface area (Å²) in [5.74, 6) is 0.269. The van der Waals surface area contributed by atoms with E-state index in [1.807, 2.05) is 0 Å². The summed E-state index contributed by atoms with van der Waals surface area (Å²) in [5, 5.41) is 0. The van der Waals surface area contributed by atoms with Gasteiger partial charge in [-0.1, -0.05) is 34.8 Å². The van der Waals surface area contributed by atoms with E-state index in [1.54, 1.807) is 45.0 Å². The van der Waals surface area contributed by atoms with E-state index in [2.05, 4.69) is 15.0 Å². The van der Waals surface area contributed by atoms with Gasteiger partial charge in [-0.25, -0.2) is 4.79 Å². The third kappa shape index (κ3) is 6.54. The fourth-order valence-corrected chi connectivity index (χ4v) is 2.16. The molecular formula is C17H18Cl3N3O5. The SMILES string of the molecule is CCOC(=O)C(C)Oc1ccc(Oc2nc(OCC)nc(C(Cl)(Cl)Cl)n2)cc1. The fraction of sp³-hybridized carbons (Fsp3) is 0.412. The fourth-order valence-electron chi connectivity index (χ4n) is 1.91. The Morgan fingerprint density at radius 3 is 2.18 bits per heavy atom.